The van der Waals surface area contributed by atoms with Gasteiger partial charge in [0.05, 0.1) is 6.54 Å². The number of nitrogens with zero attached hydrogens (tertiary/aromatic N) is 2. The third-order valence-corrected chi connectivity index (χ3v) is 4.77. The van der Waals surface area contributed by atoms with E-state index in [2.05, 4.69) is 36.0 Å². The number of aromatic nitrogens is 1. The zero-order valence-electron chi connectivity index (χ0n) is 11.8. The molecular weight excluding hydrogens is 242 g/mol. The quantitative estimate of drug-likeness (QED) is 0.909. The molecule has 3 nitrogen and oxygen atoms in total. The monoisotopic (exact) mass is 267 g/mol. The average Bonchev–Trinajstić information content (AvgIpc) is 2.64. The van der Waals surface area contributed by atoms with Crippen LogP contribution in [0.15, 0.2) is 6.20 Å². The van der Waals surface area contributed by atoms with Crippen molar-refractivity contribution < 1.29 is 0 Å². The minimum Gasteiger partial charge on any atom is -0.312 e. The Kier molecular flexibility index (Phi) is 5.15. The van der Waals surface area contributed by atoms with Crippen LogP contribution in [0.3, 0.4) is 0 Å². The molecule has 0 amide bonds. The molecular formula is C14H25N3S. The van der Waals surface area contributed by atoms with E-state index in [1.807, 2.05) is 17.5 Å². The molecule has 1 N–H and O–H groups in total. The highest BCUT2D eigenvalue weighted by Crippen LogP contribution is 2.17. The molecule has 0 aliphatic carbocycles. The van der Waals surface area contributed by atoms with Crippen molar-refractivity contribution in [3.63, 3.8) is 0 Å². The highest BCUT2D eigenvalue weighted by Gasteiger charge is 2.22. The molecule has 0 saturated carbocycles. The van der Waals surface area contributed by atoms with Crippen LogP contribution < -0.4 is 5.32 Å². The lowest BCUT2D eigenvalue weighted by Gasteiger charge is -2.27. The number of rotatable bonds is 4. The fourth-order valence-electron chi connectivity index (χ4n) is 2.50. The molecule has 1 aliphatic rings. The van der Waals surface area contributed by atoms with Gasteiger partial charge in [0.15, 0.2) is 0 Å². The Bertz CT molecular complexity index is 364. The van der Waals surface area contributed by atoms with Crippen LogP contribution in [0.25, 0.3) is 0 Å². The van der Waals surface area contributed by atoms with Gasteiger partial charge in [-0.1, -0.05) is 20.3 Å². The maximum absolute atomic E-state index is 4.49. The topological polar surface area (TPSA) is 28.2 Å². The van der Waals surface area contributed by atoms with Crippen LogP contribution in [0.5, 0.6) is 0 Å². The van der Waals surface area contributed by atoms with Crippen molar-refractivity contribution in [2.45, 2.75) is 46.2 Å². The van der Waals surface area contributed by atoms with Crippen molar-refractivity contribution in [1.82, 2.24) is 15.2 Å². The Labute approximate surface area is 115 Å². The molecule has 0 aromatic carbocycles. The lowest BCUT2D eigenvalue weighted by Crippen LogP contribution is -2.41. The average molecular weight is 267 g/mol. The first-order valence-corrected chi connectivity index (χ1v) is 7.87. The van der Waals surface area contributed by atoms with Crippen molar-refractivity contribution >= 4 is 11.3 Å². The van der Waals surface area contributed by atoms with Crippen LogP contribution in [-0.4, -0.2) is 35.6 Å². The Morgan fingerprint density at radius 2 is 2.44 bits per heavy atom. The van der Waals surface area contributed by atoms with Gasteiger partial charge in [-0.3, -0.25) is 4.90 Å². The van der Waals surface area contributed by atoms with Crippen LogP contribution in [0.4, 0.5) is 0 Å². The van der Waals surface area contributed by atoms with Gasteiger partial charge >= 0.3 is 0 Å². The molecule has 0 radical (unpaired) electrons. The molecule has 2 unspecified atom stereocenters. The van der Waals surface area contributed by atoms with Crippen LogP contribution in [-0.2, 0) is 6.54 Å². The van der Waals surface area contributed by atoms with Gasteiger partial charge in [-0.15, -0.1) is 11.3 Å². The summed E-state index contributed by atoms with van der Waals surface area (Å²) in [7, 11) is 0. The second-order valence-electron chi connectivity index (χ2n) is 5.40. The van der Waals surface area contributed by atoms with Gasteiger partial charge in [-0.05, 0) is 32.4 Å². The normalized spacial score (nSPS) is 23.8. The Morgan fingerprint density at radius 3 is 3.11 bits per heavy atom. The van der Waals surface area contributed by atoms with E-state index >= 15 is 0 Å². The first-order valence-electron chi connectivity index (χ1n) is 7.06. The number of hydrogen-bond donors (Lipinski definition) is 1. The number of aryl methyl sites for hydroxylation is 1. The molecule has 102 valence electrons. The molecule has 1 saturated heterocycles. The van der Waals surface area contributed by atoms with Gasteiger partial charge in [-0.2, -0.15) is 0 Å². The van der Waals surface area contributed by atoms with Crippen molar-refractivity contribution in [3.05, 3.63) is 16.1 Å². The van der Waals surface area contributed by atoms with Crippen LogP contribution in [0.1, 0.15) is 36.6 Å². The molecule has 0 bridgehead atoms. The largest absolute Gasteiger partial charge is 0.312 e. The van der Waals surface area contributed by atoms with E-state index in [-0.39, 0.29) is 0 Å². The molecule has 2 rings (SSSR count). The van der Waals surface area contributed by atoms with E-state index in [0.29, 0.717) is 6.04 Å². The number of hydrogen-bond acceptors (Lipinski definition) is 4. The molecule has 18 heavy (non-hydrogen) atoms. The van der Waals surface area contributed by atoms with Crippen molar-refractivity contribution in [1.29, 1.82) is 0 Å². The van der Waals surface area contributed by atoms with Crippen LogP contribution in [0.2, 0.25) is 0 Å². The van der Waals surface area contributed by atoms with Crippen molar-refractivity contribution in [2.24, 2.45) is 5.92 Å². The molecule has 0 spiro atoms. The summed E-state index contributed by atoms with van der Waals surface area (Å²) in [5.74, 6) is 0.753. The van der Waals surface area contributed by atoms with Gasteiger partial charge in [0.2, 0.25) is 0 Å². The van der Waals surface area contributed by atoms with Crippen molar-refractivity contribution in [3.8, 4) is 0 Å². The Hall–Kier alpha value is -0.450. The Balaban J connectivity index is 1.94. The molecule has 1 fully saturated rings. The summed E-state index contributed by atoms with van der Waals surface area (Å²) in [6.45, 7) is 11.3. The lowest BCUT2D eigenvalue weighted by molar-refractivity contribution is 0.231. The minimum absolute atomic E-state index is 0.638. The molecule has 2 atom stereocenters. The zero-order valence-corrected chi connectivity index (χ0v) is 12.6. The molecule has 1 aromatic rings. The molecule has 2 heterocycles. The third-order valence-electron chi connectivity index (χ3n) is 3.87. The van der Waals surface area contributed by atoms with Crippen molar-refractivity contribution in [2.75, 3.05) is 19.6 Å². The van der Waals surface area contributed by atoms with Gasteiger partial charge in [0, 0.05) is 23.7 Å². The standard InChI is InChI=1S/C14H25N3S/c1-4-11(2)13-9-17(7-5-6-15-13)10-14-16-8-12(3)18-14/h8,11,13,15H,4-7,9-10H2,1-3H3. The second kappa shape index (κ2) is 6.64. The van der Waals surface area contributed by atoms with Gasteiger partial charge < -0.3 is 5.32 Å². The van der Waals surface area contributed by atoms with Crippen LogP contribution in [0, 0.1) is 12.8 Å². The number of nitrogens with one attached hydrogen (secondary N) is 1. The fourth-order valence-corrected chi connectivity index (χ4v) is 3.33. The zero-order chi connectivity index (χ0) is 13.0. The van der Waals surface area contributed by atoms with E-state index in [0.717, 1.165) is 25.6 Å². The summed E-state index contributed by atoms with van der Waals surface area (Å²) < 4.78 is 0. The summed E-state index contributed by atoms with van der Waals surface area (Å²) in [6, 6.07) is 0.638. The van der Waals surface area contributed by atoms with Gasteiger partial charge in [-0.25, -0.2) is 4.98 Å². The predicted octanol–water partition coefficient (Wildman–Crippen LogP) is 2.66. The van der Waals surface area contributed by atoms with E-state index in [9.17, 15) is 0 Å². The van der Waals surface area contributed by atoms with Gasteiger partial charge in [0.1, 0.15) is 5.01 Å². The maximum Gasteiger partial charge on any atom is 0.107 e. The van der Waals surface area contributed by atoms with Gasteiger partial charge in [0.25, 0.3) is 0 Å². The minimum atomic E-state index is 0.638. The number of thiazole rings is 1. The summed E-state index contributed by atoms with van der Waals surface area (Å²) in [6.07, 6.45) is 4.49. The molecule has 1 aromatic heterocycles. The van der Waals surface area contributed by atoms with E-state index in [4.69, 9.17) is 0 Å². The summed E-state index contributed by atoms with van der Waals surface area (Å²) >= 11 is 1.83. The summed E-state index contributed by atoms with van der Waals surface area (Å²) in [5.41, 5.74) is 0. The third kappa shape index (κ3) is 3.77. The van der Waals surface area contributed by atoms with E-state index in [1.54, 1.807) is 0 Å². The Morgan fingerprint density at radius 1 is 1.61 bits per heavy atom. The SMILES string of the molecule is CCC(C)C1CN(Cc2ncc(C)s2)CCCN1. The highest BCUT2D eigenvalue weighted by molar-refractivity contribution is 7.11. The first kappa shape index (κ1) is 14.0. The van der Waals surface area contributed by atoms with E-state index < -0.39 is 0 Å². The summed E-state index contributed by atoms with van der Waals surface area (Å²) in [5, 5.41) is 4.96. The predicted molar refractivity (Wildman–Crippen MR) is 78.0 cm³/mol. The maximum atomic E-state index is 4.49. The molecule has 1 aliphatic heterocycles. The smallest absolute Gasteiger partial charge is 0.107 e. The fraction of sp³-hybridized carbons (Fsp3) is 0.786. The van der Waals surface area contributed by atoms with E-state index in [1.165, 1.54) is 29.3 Å². The van der Waals surface area contributed by atoms with Crippen LogP contribution >= 0.6 is 11.3 Å². The second-order valence-corrected chi connectivity index (χ2v) is 6.72. The first-order chi connectivity index (χ1) is 8.69. The highest BCUT2D eigenvalue weighted by atomic mass is 32.1. The summed E-state index contributed by atoms with van der Waals surface area (Å²) in [4.78, 5) is 8.37. The lowest BCUT2D eigenvalue weighted by atomic mass is 9.99. The molecule has 4 heteroatoms.